The van der Waals surface area contributed by atoms with E-state index in [2.05, 4.69) is 111 Å². The standard InChI is InChI=1S/C29H31N2OS2/c1-6-30-23-15-19(3)13-14-24(23)33-26(30)16-20(4)17-27-31(7-2)29-25(34-27)18-21(5)28(32-29)22-11-9-8-10-12-22/h8-18,28H,6-7H2,1-5H3/q+1. The van der Waals surface area contributed by atoms with Crippen LogP contribution >= 0.6 is 23.1 Å². The quantitative estimate of drug-likeness (QED) is 0.342. The molecule has 3 aromatic rings. The number of aromatic nitrogens is 1. The number of thiazole rings is 1. The van der Waals surface area contributed by atoms with E-state index >= 15 is 0 Å². The number of ether oxygens (including phenoxy) is 1. The molecule has 0 fully saturated rings. The molecule has 2 aliphatic rings. The van der Waals surface area contributed by atoms with Crippen LogP contribution in [0.5, 0.6) is 5.88 Å². The average molecular weight is 488 g/mol. The topological polar surface area (TPSA) is 16.4 Å². The summed E-state index contributed by atoms with van der Waals surface area (Å²) in [7, 11) is 0. The van der Waals surface area contributed by atoms with E-state index in [0.717, 1.165) is 19.0 Å². The monoisotopic (exact) mass is 487 g/mol. The summed E-state index contributed by atoms with van der Waals surface area (Å²) in [6.07, 6.45) is 6.88. The predicted molar refractivity (Wildman–Crippen MR) is 145 cm³/mol. The molecule has 0 spiro atoms. The van der Waals surface area contributed by atoms with Crippen molar-refractivity contribution in [3.63, 3.8) is 0 Å². The SMILES string of the molecule is CCN1C(=CC(C)=Cc2sc3c([n+]2CC)OC(c2ccccc2)C(C)=C3)Sc2ccc(C)cc21. The molecule has 0 bridgehead atoms. The second kappa shape index (κ2) is 9.47. The maximum atomic E-state index is 6.58. The van der Waals surface area contributed by atoms with E-state index in [4.69, 9.17) is 4.74 Å². The fourth-order valence-electron chi connectivity index (χ4n) is 4.59. The number of benzene rings is 2. The Morgan fingerprint density at radius 2 is 1.91 bits per heavy atom. The minimum atomic E-state index is -0.0314. The highest BCUT2D eigenvalue weighted by atomic mass is 32.2. The van der Waals surface area contributed by atoms with Crippen molar-refractivity contribution in [2.75, 3.05) is 11.4 Å². The second-order valence-corrected chi connectivity index (χ2v) is 11.0. The Labute approximate surface area is 211 Å². The van der Waals surface area contributed by atoms with Crippen molar-refractivity contribution in [3.05, 3.63) is 91.8 Å². The molecule has 0 N–H and O–H groups in total. The summed E-state index contributed by atoms with van der Waals surface area (Å²) in [5, 5.41) is 2.51. The molecule has 1 atom stereocenters. The largest absolute Gasteiger partial charge is 0.431 e. The van der Waals surface area contributed by atoms with Gasteiger partial charge in [-0.05, 0) is 81.2 Å². The number of rotatable bonds is 5. The van der Waals surface area contributed by atoms with Gasteiger partial charge in [-0.1, -0.05) is 59.5 Å². The number of hydrogen-bond acceptors (Lipinski definition) is 4. The number of hydrogen-bond donors (Lipinski definition) is 0. The third-order valence-electron chi connectivity index (χ3n) is 6.26. The van der Waals surface area contributed by atoms with Crippen LogP contribution in [0.4, 0.5) is 5.69 Å². The van der Waals surface area contributed by atoms with E-state index in [1.165, 1.54) is 47.8 Å². The van der Waals surface area contributed by atoms with E-state index < -0.39 is 0 Å². The lowest BCUT2D eigenvalue weighted by molar-refractivity contribution is -0.696. The maximum Gasteiger partial charge on any atom is 0.387 e. The number of anilines is 1. The summed E-state index contributed by atoms with van der Waals surface area (Å²) in [6, 6.07) is 17.2. The van der Waals surface area contributed by atoms with Gasteiger partial charge in [0.25, 0.3) is 5.01 Å². The highest BCUT2D eigenvalue weighted by molar-refractivity contribution is 8.03. The van der Waals surface area contributed by atoms with Gasteiger partial charge in [0.15, 0.2) is 12.6 Å². The maximum absolute atomic E-state index is 6.58. The van der Waals surface area contributed by atoms with Crippen LogP contribution in [0.3, 0.4) is 0 Å². The molecule has 5 heteroatoms. The molecule has 3 nitrogen and oxygen atoms in total. The van der Waals surface area contributed by atoms with Crippen molar-refractivity contribution in [2.45, 2.75) is 52.2 Å². The molecule has 0 saturated heterocycles. The van der Waals surface area contributed by atoms with Gasteiger partial charge in [-0.15, -0.1) is 0 Å². The molecule has 2 aliphatic heterocycles. The fraction of sp³-hybridized carbons (Fsp3) is 0.276. The van der Waals surface area contributed by atoms with E-state index in [1.807, 2.05) is 11.8 Å². The van der Waals surface area contributed by atoms with Crippen LogP contribution in [0.15, 0.2) is 75.7 Å². The Morgan fingerprint density at radius 3 is 2.65 bits per heavy atom. The Balaban J connectivity index is 1.46. The lowest BCUT2D eigenvalue weighted by Gasteiger charge is -2.21. The van der Waals surface area contributed by atoms with Crippen molar-refractivity contribution in [1.29, 1.82) is 0 Å². The second-order valence-electron chi connectivity index (χ2n) is 8.84. The van der Waals surface area contributed by atoms with Crippen molar-refractivity contribution in [3.8, 4) is 5.88 Å². The van der Waals surface area contributed by atoms with Crippen molar-refractivity contribution in [1.82, 2.24) is 0 Å². The number of allylic oxidation sites excluding steroid dienone is 2. The van der Waals surface area contributed by atoms with E-state index in [-0.39, 0.29) is 6.10 Å². The number of fused-ring (bicyclic) bond motifs is 2. The third kappa shape index (κ3) is 4.23. The minimum absolute atomic E-state index is 0.0314. The zero-order valence-corrected chi connectivity index (χ0v) is 22.1. The molecule has 34 heavy (non-hydrogen) atoms. The van der Waals surface area contributed by atoms with Gasteiger partial charge in [-0.25, -0.2) is 0 Å². The highest BCUT2D eigenvalue weighted by Crippen LogP contribution is 2.46. The summed E-state index contributed by atoms with van der Waals surface area (Å²) in [5.74, 6) is 0.979. The minimum Gasteiger partial charge on any atom is -0.431 e. The first kappa shape index (κ1) is 23.0. The average Bonchev–Trinajstić information content (AvgIpc) is 3.34. The molecule has 0 amide bonds. The summed E-state index contributed by atoms with van der Waals surface area (Å²) >= 11 is 3.67. The number of nitrogens with zero attached hydrogens (tertiary/aromatic N) is 2. The predicted octanol–water partition coefficient (Wildman–Crippen LogP) is 7.78. The van der Waals surface area contributed by atoms with Gasteiger partial charge in [0.1, 0.15) is 4.88 Å². The molecule has 2 aromatic carbocycles. The van der Waals surface area contributed by atoms with Gasteiger partial charge >= 0.3 is 5.88 Å². The Bertz CT molecular complexity index is 1320. The van der Waals surface area contributed by atoms with Crippen LogP contribution in [0.25, 0.3) is 12.2 Å². The van der Waals surface area contributed by atoms with Gasteiger partial charge in [-0.2, -0.15) is 4.57 Å². The summed E-state index contributed by atoms with van der Waals surface area (Å²) < 4.78 is 8.89. The highest BCUT2D eigenvalue weighted by Gasteiger charge is 2.33. The molecule has 3 heterocycles. The Hall–Kier alpha value is -2.76. The van der Waals surface area contributed by atoms with Gasteiger partial charge in [0.2, 0.25) is 0 Å². The molecule has 174 valence electrons. The van der Waals surface area contributed by atoms with Gasteiger partial charge in [-0.3, -0.25) is 0 Å². The van der Waals surface area contributed by atoms with Crippen LogP contribution in [0, 0.1) is 6.92 Å². The molecular formula is C29H31N2OS2+. The van der Waals surface area contributed by atoms with Crippen LogP contribution in [0.1, 0.15) is 54.8 Å². The number of thioether (sulfide) groups is 1. The summed E-state index contributed by atoms with van der Waals surface area (Å²) in [5.41, 5.74) is 6.30. The van der Waals surface area contributed by atoms with Gasteiger partial charge in [0, 0.05) is 17.5 Å². The lowest BCUT2D eigenvalue weighted by Crippen LogP contribution is -2.36. The zero-order valence-electron chi connectivity index (χ0n) is 20.5. The lowest BCUT2D eigenvalue weighted by atomic mass is 10.0. The van der Waals surface area contributed by atoms with Crippen molar-refractivity contribution in [2.24, 2.45) is 0 Å². The molecule has 1 unspecified atom stereocenters. The summed E-state index contributed by atoms with van der Waals surface area (Å²) in [4.78, 5) is 4.95. The smallest absolute Gasteiger partial charge is 0.387 e. The van der Waals surface area contributed by atoms with E-state index in [1.54, 1.807) is 11.3 Å². The Kier molecular flexibility index (Phi) is 6.41. The summed E-state index contributed by atoms with van der Waals surface area (Å²) in [6.45, 7) is 12.8. The van der Waals surface area contributed by atoms with Gasteiger partial charge < -0.3 is 9.64 Å². The van der Waals surface area contributed by atoms with Gasteiger partial charge in [0.05, 0.1) is 10.7 Å². The molecule has 0 aliphatic carbocycles. The van der Waals surface area contributed by atoms with E-state index in [9.17, 15) is 0 Å². The third-order valence-corrected chi connectivity index (χ3v) is 8.43. The van der Waals surface area contributed by atoms with E-state index in [0.29, 0.717) is 0 Å². The fourth-order valence-corrected chi connectivity index (χ4v) is 7.09. The van der Waals surface area contributed by atoms with Crippen molar-refractivity contribution >= 4 is 40.9 Å². The molecule has 0 radical (unpaired) electrons. The first-order valence-corrected chi connectivity index (χ1v) is 13.5. The molecular weight excluding hydrogens is 456 g/mol. The van der Waals surface area contributed by atoms with Crippen LogP contribution < -0.4 is 14.2 Å². The molecule has 1 aromatic heterocycles. The zero-order chi connectivity index (χ0) is 23.8. The van der Waals surface area contributed by atoms with Crippen LogP contribution in [0.2, 0.25) is 0 Å². The normalized spacial score (nSPS) is 18.6. The van der Waals surface area contributed by atoms with Crippen LogP contribution in [-0.4, -0.2) is 6.54 Å². The van der Waals surface area contributed by atoms with Crippen LogP contribution in [-0.2, 0) is 6.54 Å². The molecule has 0 saturated carbocycles. The molecule has 5 rings (SSSR count). The Morgan fingerprint density at radius 1 is 1.12 bits per heavy atom. The number of aryl methyl sites for hydroxylation is 1. The first-order valence-electron chi connectivity index (χ1n) is 11.9. The first-order chi connectivity index (χ1) is 16.5. The van der Waals surface area contributed by atoms with Crippen molar-refractivity contribution < 1.29 is 9.30 Å².